The van der Waals surface area contributed by atoms with Crippen molar-refractivity contribution in [1.29, 1.82) is 0 Å². The number of hydrogen-bond acceptors (Lipinski definition) is 2. The first-order chi connectivity index (χ1) is 8.68. The topological polar surface area (TPSA) is 29.5 Å². The Morgan fingerprint density at radius 2 is 1.89 bits per heavy atom. The zero-order valence-corrected chi connectivity index (χ0v) is 14.8. The van der Waals surface area contributed by atoms with Crippen LogP contribution in [0.2, 0.25) is 0 Å². The second kappa shape index (κ2) is 9.67. The first-order valence-electron chi connectivity index (χ1n) is 6.50. The number of rotatable bonds is 0. The summed E-state index contributed by atoms with van der Waals surface area (Å²) in [4.78, 5) is 0. The number of ether oxygens (including phenoxy) is 1. The third-order valence-electron chi connectivity index (χ3n) is 2.73. The monoisotopic (exact) mass is 334 g/mol. The quantitative estimate of drug-likeness (QED) is 0.584. The molecule has 0 aromatic heterocycles. The van der Waals surface area contributed by atoms with Crippen LogP contribution in [0.3, 0.4) is 0 Å². The van der Waals surface area contributed by atoms with Crippen LogP contribution in [0.4, 0.5) is 0 Å². The summed E-state index contributed by atoms with van der Waals surface area (Å²) in [6.45, 7) is 7.17. The molecule has 0 aliphatic carbocycles. The third kappa shape index (κ3) is 6.68. The molecule has 1 fully saturated rings. The zero-order valence-electron chi connectivity index (χ0n) is 12.0. The van der Waals surface area contributed by atoms with Gasteiger partial charge in [-0.3, -0.25) is 0 Å². The van der Waals surface area contributed by atoms with Gasteiger partial charge >= 0.3 is 0 Å². The Hall–Kier alpha value is -0.196. The molecule has 1 saturated heterocycles. The molecule has 1 aromatic rings. The van der Waals surface area contributed by atoms with Crippen molar-refractivity contribution in [2.75, 3.05) is 13.2 Å². The van der Waals surface area contributed by atoms with E-state index in [-0.39, 0.29) is 32.7 Å². The zero-order chi connectivity index (χ0) is 13.4. The molecule has 0 unspecified atom stereocenters. The summed E-state index contributed by atoms with van der Waals surface area (Å²) in [5.41, 5.74) is 1.12. The Morgan fingerprint density at radius 3 is 2.42 bits per heavy atom. The van der Waals surface area contributed by atoms with E-state index in [1.54, 1.807) is 0 Å². The van der Waals surface area contributed by atoms with Gasteiger partial charge in [0.15, 0.2) is 0 Å². The Bertz CT molecular complexity index is 409. The van der Waals surface area contributed by atoms with Crippen LogP contribution in [-0.4, -0.2) is 23.9 Å². The van der Waals surface area contributed by atoms with Crippen LogP contribution in [0.15, 0.2) is 18.2 Å². The minimum absolute atomic E-state index is 0. The smallest absolute Gasteiger partial charge is 0.129 e. The van der Waals surface area contributed by atoms with Gasteiger partial charge in [0.25, 0.3) is 0 Å². The molecule has 101 valence electrons. The van der Waals surface area contributed by atoms with E-state index in [2.05, 4.69) is 17.9 Å². The predicted octanol–water partition coefficient (Wildman–Crippen LogP) is 2.71. The molecule has 19 heavy (non-hydrogen) atoms. The summed E-state index contributed by atoms with van der Waals surface area (Å²) < 4.78 is 5.20. The first kappa shape index (κ1) is 18.8. The van der Waals surface area contributed by atoms with Gasteiger partial charge < -0.3 is 9.84 Å². The molecule has 1 heterocycles. The van der Waals surface area contributed by atoms with Gasteiger partial charge in [-0.1, -0.05) is 32.3 Å². The Morgan fingerprint density at radius 1 is 1.26 bits per heavy atom. The van der Waals surface area contributed by atoms with Crippen molar-refractivity contribution in [2.45, 2.75) is 39.2 Å². The molecule has 2 nitrogen and oxygen atoms in total. The molecule has 0 spiro atoms. The summed E-state index contributed by atoms with van der Waals surface area (Å²) >= 11 is 0. The molecule has 1 radical (unpaired) electrons. The summed E-state index contributed by atoms with van der Waals surface area (Å²) in [7, 11) is 0. The van der Waals surface area contributed by atoms with E-state index in [4.69, 9.17) is 4.74 Å². The fourth-order valence-electron chi connectivity index (χ4n) is 1.60. The molecule has 0 amide bonds. The van der Waals surface area contributed by atoms with Crippen LogP contribution in [0, 0.1) is 24.8 Å². The van der Waals surface area contributed by atoms with Gasteiger partial charge in [0.1, 0.15) is 5.60 Å². The van der Waals surface area contributed by atoms with Crippen molar-refractivity contribution < 1.29 is 42.6 Å². The minimum atomic E-state index is -0.872. The maximum absolute atomic E-state index is 10.1. The average Bonchev–Trinajstić information content (AvgIpc) is 2.41. The molecule has 0 saturated carbocycles. The number of benzene rings is 1. The molecular formula is C16H21O2Y-. The maximum Gasteiger partial charge on any atom is 0.129 e. The van der Waals surface area contributed by atoms with Gasteiger partial charge in [0, 0.05) is 45.6 Å². The molecule has 0 bridgehead atoms. The van der Waals surface area contributed by atoms with E-state index in [0.29, 0.717) is 26.1 Å². The fourth-order valence-corrected chi connectivity index (χ4v) is 1.60. The number of aryl methyl sites for hydroxylation is 1. The normalized spacial score (nSPS) is 16.0. The molecule has 0 atom stereocenters. The first-order valence-corrected chi connectivity index (χ1v) is 6.50. The van der Waals surface area contributed by atoms with E-state index in [1.807, 2.05) is 39.0 Å². The predicted molar refractivity (Wildman–Crippen MR) is 73.2 cm³/mol. The van der Waals surface area contributed by atoms with E-state index in [1.165, 1.54) is 0 Å². The van der Waals surface area contributed by atoms with Gasteiger partial charge in [-0.2, -0.15) is 29.8 Å². The molecule has 3 heteroatoms. The van der Waals surface area contributed by atoms with Crippen LogP contribution < -0.4 is 0 Å². The minimum Gasteiger partial charge on any atom is -0.381 e. The Labute approximate surface area is 141 Å². The molecule has 1 aliphatic heterocycles. The van der Waals surface area contributed by atoms with Crippen LogP contribution in [0.5, 0.6) is 0 Å². The largest absolute Gasteiger partial charge is 0.381 e. The van der Waals surface area contributed by atoms with E-state index in [9.17, 15) is 5.11 Å². The second-order valence-electron chi connectivity index (χ2n) is 4.15. The summed E-state index contributed by atoms with van der Waals surface area (Å²) in [5.74, 6) is 5.93. The van der Waals surface area contributed by atoms with Crippen LogP contribution in [-0.2, 0) is 37.4 Å². The summed E-state index contributed by atoms with van der Waals surface area (Å²) in [6, 6.07) is 8.86. The van der Waals surface area contributed by atoms with Crippen LogP contribution >= 0.6 is 0 Å². The van der Waals surface area contributed by atoms with Gasteiger partial charge in [-0.05, 0) is 0 Å². The SMILES string of the molecule is CC.Cc1[c-]cc(C#CC2(O)CCOCC2)cc1.[Y]. The third-order valence-corrected chi connectivity index (χ3v) is 2.73. The molecular weight excluding hydrogens is 313 g/mol. The number of hydrogen-bond donors (Lipinski definition) is 1. The van der Waals surface area contributed by atoms with E-state index >= 15 is 0 Å². The second-order valence-corrected chi connectivity index (χ2v) is 4.15. The van der Waals surface area contributed by atoms with Crippen molar-refractivity contribution in [3.05, 3.63) is 35.4 Å². The van der Waals surface area contributed by atoms with Crippen molar-refractivity contribution in [1.82, 2.24) is 0 Å². The molecule has 1 aliphatic rings. The maximum atomic E-state index is 10.1. The number of aliphatic hydroxyl groups is 1. The Kier molecular flexibility index (Phi) is 9.57. The van der Waals surface area contributed by atoms with Crippen LogP contribution in [0.25, 0.3) is 0 Å². The summed E-state index contributed by atoms with van der Waals surface area (Å²) in [6.07, 6.45) is 1.19. The van der Waals surface area contributed by atoms with E-state index < -0.39 is 5.60 Å². The summed E-state index contributed by atoms with van der Waals surface area (Å²) in [5, 5.41) is 10.1. The fraction of sp³-hybridized carbons (Fsp3) is 0.500. The van der Waals surface area contributed by atoms with Crippen LogP contribution in [0.1, 0.15) is 37.8 Å². The van der Waals surface area contributed by atoms with Crippen molar-refractivity contribution >= 4 is 0 Å². The van der Waals surface area contributed by atoms with Gasteiger partial charge in [-0.15, -0.1) is 5.92 Å². The average molecular weight is 334 g/mol. The van der Waals surface area contributed by atoms with Crippen molar-refractivity contribution in [2.24, 2.45) is 0 Å². The van der Waals surface area contributed by atoms with Gasteiger partial charge in [0.2, 0.25) is 0 Å². The molecule has 1 aromatic carbocycles. The Balaban J connectivity index is 0.00000103. The van der Waals surface area contributed by atoms with Crippen molar-refractivity contribution in [3.63, 3.8) is 0 Å². The van der Waals surface area contributed by atoms with Gasteiger partial charge in [-0.25, -0.2) is 0 Å². The van der Waals surface area contributed by atoms with Gasteiger partial charge in [0.05, 0.1) is 13.2 Å². The molecule has 1 N–H and O–H groups in total. The standard InChI is InChI=1S/C14H15O2.C2H6.Y/c1-12-2-4-13(5-3-12)6-7-14(15)8-10-16-11-9-14;1-2;/h2,4-5,15H,8-11H2,1H3;1-2H3;/q-1;;. The molecule has 2 rings (SSSR count). The van der Waals surface area contributed by atoms with E-state index in [0.717, 1.165) is 11.1 Å². The van der Waals surface area contributed by atoms with Crippen molar-refractivity contribution in [3.8, 4) is 11.8 Å².